The van der Waals surface area contributed by atoms with Crippen molar-refractivity contribution in [3.05, 3.63) is 71.8 Å². The van der Waals surface area contributed by atoms with E-state index in [-0.39, 0.29) is 11.9 Å². The molecule has 1 aliphatic rings. The number of oxime groups is 1. The Hall–Kier alpha value is -3.12. The summed E-state index contributed by atoms with van der Waals surface area (Å²) in [5.74, 6) is 0.740. The van der Waals surface area contributed by atoms with Gasteiger partial charge in [0.2, 0.25) is 0 Å². The molecular weight excluding hydrogens is 462 g/mol. The Balaban J connectivity index is 1.49. The van der Waals surface area contributed by atoms with Crippen molar-refractivity contribution in [2.24, 2.45) is 5.16 Å². The molecule has 0 aliphatic carbocycles. The van der Waals surface area contributed by atoms with Crippen LogP contribution >= 0.6 is 0 Å². The van der Waals surface area contributed by atoms with E-state index in [2.05, 4.69) is 24.3 Å². The molecule has 6 heteroatoms. The van der Waals surface area contributed by atoms with Crippen LogP contribution in [0.25, 0.3) is 0 Å². The first-order chi connectivity index (χ1) is 18.0. The van der Waals surface area contributed by atoms with E-state index in [1.165, 1.54) is 32.1 Å². The minimum absolute atomic E-state index is 0.0220. The van der Waals surface area contributed by atoms with Gasteiger partial charge in [0.15, 0.2) is 0 Å². The van der Waals surface area contributed by atoms with Crippen molar-refractivity contribution in [2.75, 3.05) is 25.2 Å². The molecule has 1 saturated heterocycles. The minimum Gasteiger partial charge on any atom is -0.497 e. The number of nitrogens with one attached hydrogen (secondary N) is 1. The van der Waals surface area contributed by atoms with E-state index >= 15 is 0 Å². The molecule has 200 valence electrons. The fourth-order valence-corrected chi connectivity index (χ4v) is 4.56. The summed E-state index contributed by atoms with van der Waals surface area (Å²) in [6.45, 7) is 8.07. The first kappa shape index (κ1) is 28.5. The number of benzene rings is 2. The number of carbonyl (C=O) groups is 1. The minimum atomic E-state index is -0.162. The topological polar surface area (TPSA) is 63.2 Å². The van der Waals surface area contributed by atoms with Crippen molar-refractivity contribution < 1.29 is 14.4 Å². The maximum atomic E-state index is 13.2. The van der Waals surface area contributed by atoms with Crippen LogP contribution in [0.4, 0.5) is 5.69 Å². The van der Waals surface area contributed by atoms with E-state index in [1.807, 2.05) is 72.5 Å². The van der Waals surface area contributed by atoms with E-state index in [0.29, 0.717) is 23.9 Å². The first-order valence-corrected chi connectivity index (χ1v) is 13.7. The summed E-state index contributed by atoms with van der Waals surface area (Å²) in [5.41, 5.74) is 3.32. The van der Waals surface area contributed by atoms with Crippen LogP contribution in [0.5, 0.6) is 5.75 Å². The molecule has 0 aromatic heterocycles. The van der Waals surface area contributed by atoms with Gasteiger partial charge in [0, 0.05) is 17.3 Å². The summed E-state index contributed by atoms with van der Waals surface area (Å²) >= 11 is 0. The molecule has 1 heterocycles. The molecular formula is C31H43N3O3. The molecule has 2 aromatic rings. The van der Waals surface area contributed by atoms with Crippen molar-refractivity contribution in [1.29, 1.82) is 0 Å². The quantitative estimate of drug-likeness (QED) is 0.0893. The van der Waals surface area contributed by atoms with E-state index in [9.17, 15) is 4.79 Å². The molecule has 1 N–H and O–H groups in total. The van der Waals surface area contributed by atoms with Crippen LogP contribution < -0.4 is 15.0 Å². The highest BCUT2D eigenvalue weighted by Gasteiger charge is 2.43. The summed E-state index contributed by atoms with van der Waals surface area (Å²) in [4.78, 5) is 20.5. The van der Waals surface area contributed by atoms with Gasteiger partial charge in [0.1, 0.15) is 12.4 Å². The monoisotopic (exact) mass is 505 g/mol. The maximum Gasteiger partial charge on any atom is 0.257 e. The number of ether oxygens (including phenoxy) is 1. The number of β-lactam (4-membered cyclic amide) rings is 1. The summed E-state index contributed by atoms with van der Waals surface area (Å²) in [6, 6.07) is 18.1. The van der Waals surface area contributed by atoms with Crippen LogP contribution in [0.15, 0.2) is 71.4 Å². The van der Waals surface area contributed by atoms with Gasteiger partial charge in [-0.25, -0.2) is 0 Å². The molecule has 2 atom stereocenters. The molecule has 0 bridgehead atoms. The van der Waals surface area contributed by atoms with E-state index in [4.69, 9.17) is 9.57 Å². The van der Waals surface area contributed by atoms with Crippen LogP contribution in [0.3, 0.4) is 0 Å². The smallest absolute Gasteiger partial charge is 0.257 e. The molecule has 0 saturated carbocycles. The summed E-state index contributed by atoms with van der Waals surface area (Å²) < 4.78 is 5.26. The standard InChI is InChI=1S/C31H43N3O3/c1-5-6-14-24(2)32-21-12-7-8-13-22-37-33-25(3)23-29-30(26-15-10-9-11-16-26)34(31(29)35)27-17-19-28(36-4)20-18-27/h9-11,15-20,23-24,30,32H,5-8,12-14,21-22H2,1-4H3/b29-23+,33-25-. The lowest BCUT2D eigenvalue weighted by Crippen LogP contribution is -2.49. The number of amides is 1. The second-order valence-electron chi connectivity index (χ2n) is 9.76. The SMILES string of the molecule is CCCCC(C)NCCCCCCO/N=C(C)\C=C1\C(=O)N(c2ccc(OC)cc2)C1c1ccccc1. The van der Waals surface area contributed by atoms with Gasteiger partial charge in [-0.1, -0.05) is 61.7 Å². The van der Waals surface area contributed by atoms with E-state index in [0.717, 1.165) is 36.4 Å². The highest BCUT2D eigenvalue weighted by molar-refractivity contribution is 6.18. The normalized spacial score (nSPS) is 17.6. The van der Waals surface area contributed by atoms with Crippen LogP contribution in [0, 0.1) is 0 Å². The first-order valence-electron chi connectivity index (χ1n) is 13.7. The fourth-order valence-electron chi connectivity index (χ4n) is 4.56. The van der Waals surface area contributed by atoms with Gasteiger partial charge >= 0.3 is 0 Å². The molecule has 0 radical (unpaired) electrons. The number of methoxy groups -OCH3 is 1. The zero-order valence-electron chi connectivity index (χ0n) is 22.9. The third-order valence-electron chi connectivity index (χ3n) is 6.70. The third-order valence-corrected chi connectivity index (χ3v) is 6.70. The number of carbonyl (C=O) groups excluding carboxylic acids is 1. The molecule has 2 unspecified atom stereocenters. The van der Waals surface area contributed by atoms with E-state index in [1.54, 1.807) is 7.11 Å². The Morgan fingerprint density at radius 3 is 2.49 bits per heavy atom. The van der Waals surface area contributed by atoms with Crippen molar-refractivity contribution in [2.45, 2.75) is 77.8 Å². The Kier molecular flexibility index (Phi) is 11.7. The van der Waals surface area contributed by atoms with Crippen LogP contribution in [-0.2, 0) is 9.63 Å². The number of anilines is 1. The zero-order chi connectivity index (χ0) is 26.5. The summed E-state index contributed by atoms with van der Waals surface area (Å²) in [7, 11) is 1.63. The van der Waals surface area contributed by atoms with E-state index < -0.39 is 0 Å². The molecule has 1 amide bonds. The molecule has 0 spiro atoms. The molecule has 2 aromatic carbocycles. The number of rotatable bonds is 16. The van der Waals surface area contributed by atoms with Crippen molar-refractivity contribution >= 4 is 17.3 Å². The molecule has 6 nitrogen and oxygen atoms in total. The predicted octanol–water partition coefficient (Wildman–Crippen LogP) is 6.83. The number of unbranched alkanes of at least 4 members (excludes halogenated alkanes) is 4. The summed E-state index contributed by atoms with van der Waals surface area (Å²) in [6.07, 6.45) is 10.2. The predicted molar refractivity (Wildman–Crippen MR) is 152 cm³/mol. The number of hydrogen-bond acceptors (Lipinski definition) is 5. The Morgan fingerprint density at radius 1 is 1.05 bits per heavy atom. The molecule has 37 heavy (non-hydrogen) atoms. The van der Waals surface area contributed by atoms with Gasteiger partial charge < -0.3 is 14.9 Å². The molecule has 1 aliphatic heterocycles. The van der Waals surface area contributed by atoms with Crippen LogP contribution in [0.1, 0.15) is 77.3 Å². The second-order valence-corrected chi connectivity index (χ2v) is 9.76. The van der Waals surface area contributed by atoms with Gasteiger partial charge in [-0.15, -0.1) is 0 Å². The fraction of sp³-hybridized carbons (Fsp3) is 0.484. The highest BCUT2D eigenvalue weighted by atomic mass is 16.6. The van der Waals surface area contributed by atoms with Gasteiger partial charge in [-0.05, 0) is 82.0 Å². The average molecular weight is 506 g/mol. The maximum absolute atomic E-state index is 13.2. The largest absolute Gasteiger partial charge is 0.497 e. The lowest BCUT2D eigenvalue weighted by atomic mass is 9.86. The number of hydrogen-bond donors (Lipinski definition) is 1. The van der Waals surface area contributed by atoms with Gasteiger partial charge in [-0.3, -0.25) is 9.69 Å². The molecule has 3 rings (SSSR count). The summed E-state index contributed by atoms with van der Waals surface area (Å²) in [5, 5.41) is 7.86. The van der Waals surface area contributed by atoms with Gasteiger partial charge in [0.05, 0.1) is 18.9 Å². The van der Waals surface area contributed by atoms with Crippen molar-refractivity contribution in [3.63, 3.8) is 0 Å². The highest BCUT2D eigenvalue weighted by Crippen LogP contribution is 2.43. The van der Waals surface area contributed by atoms with Crippen molar-refractivity contribution in [1.82, 2.24) is 5.32 Å². The lowest BCUT2D eigenvalue weighted by molar-refractivity contribution is -0.119. The lowest BCUT2D eigenvalue weighted by Gasteiger charge is -2.43. The van der Waals surface area contributed by atoms with Gasteiger partial charge in [0.25, 0.3) is 5.91 Å². The molecule has 1 fully saturated rings. The van der Waals surface area contributed by atoms with Gasteiger partial charge in [-0.2, -0.15) is 0 Å². The Morgan fingerprint density at radius 2 is 1.78 bits per heavy atom. The second kappa shape index (κ2) is 15.2. The number of allylic oxidation sites excluding steroid dienone is 1. The number of nitrogens with zero attached hydrogens (tertiary/aromatic N) is 2. The Labute approximate surface area is 222 Å². The van der Waals surface area contributed by atoms with Crippen LogP contribution in [0.2, 0.25) is 0 Å². The zero-order valence-corrected chi connectivity index (χ0v) is 22.9. The Bertz CT molecular complexity index is 1020. The van der Waals surface area contributed by atoms with Crippen LogP contribution in [-0.4, -0.2) is 37.9 Å². The van der Waals surface area contributed by atoms with Crippen molar-refractivity contribution in [3.8, 4) is 5.75 Å². The average Bonchev–Trinajstić information content (AvgIpc) is 2.93. The third kappa shape index (κ3) is 8.46.